The number of fused-ring (bicyclic) bond motifs is 7. The van der Waals surface area contributed by atoms with Crippen molar-refractivity contribution in [2.45, 2.75) is 0 Å². The van der Waals surface area contributed by atoms with Gasteiger partial charge >= 0.3 is 0 Å². The van der Waals surface area contributed by atoms with Crippen LogP contribution in [0.5, 0.6) is 0 Å². The lowest BCUT2D eigenvalue weighted by atomic mass is 10.0. The average Bonchev–Trinajstić information content (AvgIpc) is 3.74. The standard InChI is InChI=1S/C45H28N4S/c1-4-14-29(15-5-1)37-28-38(48-45(47-37)32-18-8-3-9-19-32)30-24-26-33(27-25-30)49-39-23-13-11-21-35(39)44-42(49)40-41(31-16-6-2-7-17-31)46-36-22-12-10-20-34(36)43(40)50-44/h1-28H. The lowest BCUT2D eigenvalue weighted by Gasteiger charge is -2.12. The highest BCUT2D eigenvalue weighted by atomic mass is 32.1. The zero-order valence-corrected chi connectivity index (χ0v) is 27.7. The van der Waals surface area contributed by atoms with Gasteiger partial charge in [0.1, 0.15) is 0 Å². The zero-order valence-electron chi connectivity index (χ0n) is 26.9. The van der Waals surface area contributed by atoms with Crippen molar-refractivity contribution >= 4 is 53.4 Å². The topological polar surface area (TPSA) is 43.6 Å². The summed E-state index contributed by atoms with van der Waals surface area (Å²) in [6, 6.07) is 59.2. The molecular weight excluding hydrogens is 629 g/mol. The van der Waals surface area contributed by atoms with E-state index in [0.717, 1.165) is 50.5 Å². The van der Waals surface area contributed by atoms with Gasteiger partial charge in [-0.2, -0.15) is 0 Å². The maximum Gasteiger partial charge on any atom is 0.160 e. The van der Waals surface area contributed by atoms with Crippen molar-refractivity contribution in [2.75, 3.05) is 0 Å². The molecule has 0 aliphatic rings. The van der Waals surface area contributed by atoms with Crippen LogP contribution in [-0.2, 0) is 0 Å². The molecule has 0 aliphatic heterocycles. The minimum atomic E-state index is 0.710. The highest BCUT2D eigenvalue weighted by Gasteiger charge is 2.23. The highest BCUT2D eigenvalue weighted by Crippen LogP contribution is 2.47. The SMILES string of the molecule is c1ccc(-c2cc(-c3ccc(-n4c5ccccc5c5sc6c7ccccc7nc(-c7ccccc7)c6c54)cc3)nc(-c3ccccc3)n2)cc1. The van der Waals surface area contributed by atoms with Gasteiger partial charge in [-0.15, -0.1) is 11.3 Å². The van der Waals surface area contributed by atoms with E-state index in [1.807, 2.05) is 47.7 Å². The van der Waals surface area contributed by atoms with Gasteiger partial charge in [0.05, 0.1) is 38.3 Å². The van der Waals surface area contributed by atoms with E-state index in [1.54, 1.807) is 0 Å². The molecule has 234 valence electrons. The molecule has 6 aromatic carbocycles. The summed E-state index contributed by atoms with van der Waals surface area (Å²) < 4.78 is 4.95. The quantitative estimate of drug-likeness (QED) is 0.185. The second-order valence-electron chi connectivity index (χ2n) is 12.4. The van der Waals surface area contributed by atoms with E-state index in [1.165, 1.54) is 36.6 Å². The Kier molecular flexibility index (Phi) is 6.64. The highest BCUT2D eigenvalue weighted by molar-refractivity contribution is 7.27. The van der Waals surface area contributed by atoms with Crippen LogP contribution in [0.4, 0.5) is 0 Å². The van der Waals surface area contributed by atoms with E-state index in [0.29, 0.717) is 5.82 Å². The molecular formula is C45H28N4S. The molecule has 10 rings (SSSR count). The first kappa shape index (κ1) is 28.6. The predicted molar refractivity (Wildman–Crippen MR) is 209 cm³/mol. The van der Waals surface area contributed by atoms with Crippen LogP contribution >= 0.6 is 11.3 Å². The number of thiophene rings is 1. The minimum Gasteiger partial charge on any atom is -0.308 e. The molecule has 4 nitrogen and oxygen atoms in total. The van der Waals surface area contributed by atoms with Crippen LogP contribution in [-0.4, -0.2) is 19.5 Å². The minimum absolute atomic E-state index is 0.710. The van der Waals surface area contributed by atoms with Crippen LogP contribution in [0.3, 0.4) is 0 Å². The van der Waals surface area contributed by atoms with Gasteiger partial charge in [-0.1, -0.05) is 140 Å². The maximum atomic E-state index is 5.30. The Labute approximate surface area is 292 Å². The molecule has 5 heteroatoms. The number of aromatic nitrogens is 4. The van der Waals surface area contributed by atoms with Crippen molar-refractivity contribution in [3.63, 3.8) is 0 Å². The van der Waals surface area contributed by atoms with E-state index >= 15 is 0 Å². The van der Waals surface area contributed by atoms with Crippen molar-refractivity contribution in [2.24, 2.45) is 0 Å². The number of pyridine rings is 1. The Balaban J connectivity index is 1.20. The number of hydrogen-bond donors (Lipinski definition) is 0. The first-order valence-corrected chi connectivity index (χ1v) is 17.5. The first-order chi connectivity index (χ1) is 24.8. The molecule has 0 atom stereocenters. The molecule has 0 fully saturated rings. The summed E-state index contributed by atoms with van der Waals surface area (Å²) in [6.45, 7) is 0. The second-order valence-corrected chi connectivity index (χ2v) is 13.4. The van der Waals surface area contributed by atoms with Gasteiger partial charge in [0, 0.05) is 48.8 Å². The molecule has 0 spiro atoms. The third-order valence-corrected chi connectivity index (χ3v) is 10.7. The van der Waals surface area contributed by atoms with E-state index in [-0.39, 0.29) is 0 Å². The van der Waals surface area contributed by atoms with Gasteiger partial charge in [-0.05, 0) is 30.3 Å². The van der Waals surface area contributed by atoms with Gasteiger partial charge in [0.15, 0.2) is 5.82 Å². The summed E-state index contributed by atoms with van der Waals surface area (Å²) in [7, 11) is 0. The number of nitrogens with zero attached hydrogens (tertiary/aromatic N) is 4. The Morgan fingerprint density at radius 2 is 1.00 bits per heavy atom. The normalized spacial score (nSPS) is 11.6. The molecule has 0 saturated carbocycles. The van der Waals surface area contributed by atoms with Crippen molar-refractivity contribution < 1.29 is 0 Å². The average molecular weight is 657 g/mol. The molecule has 0 amide bonds. The van der Waals surface area contributed by atoms with Crippen LogP contribution < -0.4 is 0 Å². The van der Waals surface area contributed by atoms with Crippen LogP contribution in [0.1, 0.15) is 0 Å². The molecule has 0 bridgehead atoms. The van der Waals surface area contributed by atoms with Crippen molar-refractivity contribution in [1.82, 2.24) is 19.5 Å². The van der Waals surface area contributed by atoms with E-state index < -0.39 is 0 Å². The van der Waals surface area contributed by atoms with Crippen LogP contribution in [0.2, 0.25) is 0 Å². The van der Waals surface area contributed by atoms with Crippen LogP contribution in [0.15, 0.2) is 170 Å². The summed E-state index contributed by atoms with van der Waals surface area (Å²) in [5.41, 5.74) is 11.5. The maximum absolute atomic E-state index is 5.30. The van der Waals surface area contributed by atoms with Gasteiger partial charge in [0.2, 0.25) is 0 Å². The third kappa shape index (κ3) is 4.63. The largest absolute Gasteiger partial charge is 0.308 e. The predicted octanol–water partition coefficient (Wildman–Crippen LogP) is 12.0. The summed E-state index contributed by atoms with van der Waals surface area (Å²) in [5, 5.41) is 3.61. The van der Waals surface area contributed by atoms with E-state index in [4.69, 9.17) is 15.0 Å². The molecule has 0 N–H and O–H groups in total. The van der Waals surface area contributed by atoms with Crippen molar-refractivity contribution in [3.05, 3.63) is 170 Å². The Hall–Kier alpha value is -6.43. The van der Waals surface area contributed by atoms with Gasteiger partial charge in [-0.3, -0.25) is 0 Å². The number of hydrogen-bond acceptors (Lipinski definition) is 4. The lowest BCUT2D eigenvalue weighted by molar-refractivity contribution is 1.17. The fourth-order valence-corrected chi connectivity index (χ4v) is 8.43. The Morgan fingerprint density at radius 1 is 0.440 bits per heavy atom. The molecule has 0 saturated heterocycles. The Morgan fingerprint density at radius 3 is 1.70 bits per heavy atom. The van der Waals surface area contributed by atoms with Gasteiger partial charge < -0.3 is 4.57 Å². The molecule has 4 heterocycles. The molecule has 10 aromatic rings. The fourth-order valence-electron chi connectivity index (χ4n) is 7.07. The molecule has 50 heavy (non-hydrogen) atoms. The van der Waals surface area contributed by atoms with Crippen molar-refractivity contribution in [1.29, 1.82) is 0 Å². The molecule has 0 radical (unpaired) electrons. The van der Waals surface area contributed by atoms with E-state index in [2.05, 4.69) is 138 Å². The summed E-state index contributed by atoms with van der Waals surface area (Å²) in [6.07, 6.45) is 0. The third-order valence-electron chi connectivity index (χ3n) is 9.41. The van der Waals surface area contributed by atoms with Gasteiger partial charge in [0.25, 0.3) is 0 Å². The fraction of sp³-hybridized carbons (Fsp3) is 0. The van der Waals surface area contributed by atoms with Gasteiger partial charge in [-0.25, -0.2) is 15.0 Å². The number of benzene rings is 6. The second kappa shape index (κ2) is 11.6. The molecule has 0 unspecified atom stereocenters. The summed E-state index contributed by atoms with van der Waals surface area (Å²) >= 11 is 1.87. The van der Waals surface area contributed by atoms with Crippen LogP contribution in [0.25, 0.3) is 93.0 Å². The zero-order chi connectivity index (χ0) is 33.0. The summed E-state index contributed by atoms with van der Waals surface area (Å²) in [4.78, 5) is 15.4. The number of rotatable bonds is 5. The monoisotopic (exact) mass is 656 g/mol. The first-order valence-electron chi connectivity index (χ1n) is 16.7. The molecule has 0 aliphatic carbocycles. The van der Waals surface area contributed by atoms with Crippen LogP contribution in [0, 0.1) is 0 Å². The molecule has 4 aromatic heterocycles. The van der Waals surface area contributed by atoms with E-state index in [9.17, 15) is 0 Å². The Bertz CT molecular complexity index is 2780. The lowest BCUT2D eigenvalue weighted by Crippen LogP contribution is -1.97. The number of para-hydroxylation sites is 2. The smallest absolute Gasteiger partial charge is 0.160 e. The van der Waals surface area contributed by atoms with Crippen molar-refractivity contribution in [3.8, 4) is 50.8 Å². The summed E-state index contributed by atoms with van der Waals surface area (Å²) in [5.74, 6) is 0.710.